The molecule has 0 saturated heterocycles. The average Bonchev–Trinajstić information content (AvgIpc) is 2.85. The summed E-state index contributed by atoms with van der Waals surface area (Å²) in [4.78, 5) is 4.15. The first kappa shape index (κ1) is 21.9. The third-order valence-electron chi connectivity index (χ3n) is 3.62. The summed E-state index contributed by atoms with van der Waals surface area (Å²) in [5.74, 6) is 0.874. The Morgan fingerprint density at radius 2 is 1.82 bits per heavy atom. The highest BCUT2D eigenvalue weighted by Crippen LogP contribution is 2.31. The van der Waals surface area contributed by atoms with Gasteiger partial charge in [-0.05, 0) is 29.8 Å². The van der Waals surface area contributed by atoms with Gasteiger partial charge in [-0.2, -0.15) is 0 Å². The van der Waals surface area contributed by atoms with Crippen LogP contribution < -0.4 is 25.3 Å². The number of fused-ring (bicyclic) bond motifs is 1. The van der Waals surface area contributed by atoms with E-state index in [9.17, 15) is 13.2 Å². The molecular weight excluding hydrogens is 490 g/mol. The Bertz CT molecular complexity index is 831. The van der Waals surface area contributed by atoms with E-state index in [1.54, 1.807) is 18.2 Å². The van der Waals surface area contributed by atoms with E-state index in [2.05, 4.69) is 15.0 Å². The van der Waals surface area contributed by atoms with Gasteiger partial charge in [-0.3, -0.25) is 0 Å². The molecule has 0 aliphatic carbocycles. The number of nitrogens with one attached hydrogen (secondary N) is 1. The standard InChI is InChI=1S/C18H18F3N3O3.HI/c19-18(20,21)27-14-5-2-1-4-13(14)24-17(22)23-11-12-6-7-15-16(10-12)26-9-3-8-25-15;/h1-2,4-7,10H,3,8-9,11H2,(H3,22,23,24);1H. The Morgan fingerprint density at radius 3 is 2.57 bits per heavy atom. The van der Waals surface area contributed by atoms with Crippen molar-refractivity contribution in [3.05, 3.63) is 48.0 Å². The lowest BCUT2D eigenvalue weighted by atomic mass is 10.2. The van der Waals surface area contributed by atoms with Gasteiger partial charge in [-0.1, -0.05) is 18.2 Å². The first-order chi connectivity index (χ1) is 12.9. The summed E-state index contributed by atoms with van der Waals surface area (Å²) in [6.45, 7) is 1.39. The second-order valence-electron chi connectivity index (χ2n) is 5.70. The Morgan fingerprint density at radius 1 is 1.11 bits per heavy atom. The number of guanidine groups is 1. The fraction of sp³-hybridized carbons (Fsp3) is 0.278. The Labute approximate surface area is 176 Å². The number of hydrogen-bond acceptors (Lipinski definition) is 4. The summed E-state index contributed by atoms with van der Waals surface area (Å²) in [7, 11) is 0. The van der Waals surface area contributed by atoms with Crippen molar-refractivity contribution in [1.82, 2.24) is 0 Å². The molecule has 2 aromatic rings. The lowest BCUT2D eigenvalue weighted by Crippen LogP contribution is -2.24. The average molecular weight is 509 g/mol. The van der Waals surface area contributed by atoms with Crippen LogP contribution in [0.2, 0.25) is 0 Å². The molecule has 10 heteroatoms. The van der Waals surface area contributed by atoms with Gasteiger partial charge in [0.15, 0.2) is 23.2 Å². The highest BCUT2D eigenvalue weighted by molar-refractivity contribution is 14.0. The van der Waals surface area contributed by atoms with E-state index in [-0.39, 0.29) is 42.2 Å². The topological polar surface area (TPSA) is 78.1 Å². The molecule has 3 rings (SSSR count). The molecule has 0 unspecified atom stereocenters. The number of nitrogens with two attached hydrogens (primary N) is 1. The van der Waals surface area contributed by atoms with Crippen molar-refractivity contribution in [3.8, 4) is 17.2 Å². The highest BCUT2D eigenvalue weighted by atomic mass is 127. The number of alkyl halides is 3. The Kier molecular flexibility index (Phi) is 7.61. The van der Waals surface area contributed by atoms with Crippen molar-refractivity contribution in [2.24, 2.45) is 10.7 Å². The summed E-state index contributed by atoms with van der Waals surface area (Å²) in [6.07, 6.45) is -3.99. The zero-order valence-electron chi connectivity index (χ0n) is 14.7. The molecule has 0 fully saturated rings. The van der Waals surface area contributed by atoms with Gasteiger partial charge in [-0.25, -0.2) is 4.99 Å². The maximum atomic E-state index is 12.5. The van der Waals surface area contributed by atoms with E-state index in [1.807, 2.05) is 6.07 Å². The van der Waals surface area contributed by atoms with E-state index in [0.717, 1.165) is 12.0 Å². The number of para-hydroxylation sites is 2. The van der Waals surface area contributed by atoms with Crippen molar-refractivity contribution in [2.75, 3.05) is 18.5 Å². The van der Waals surface area contributed by atoms with Crippen LogP contribution in [0.4, 0.5) is 18.9 Å². The van der Waals surface area contributed by atoms with Gasteiger partial charge in [0.2, 0.25) is 0 Å². The van der Waals surface area contributed by atoms with E-state index >= 15 is 0 Å². The van der Waals surface area contributed by atoms with Crippen LogP contribution in [0.1, 0.15) is 12.0 Å². The predicted octanol–water partition coefficient (Wildman–Crippen LogP) is 4.29. The number of halogens is 4. The van der Waals surface area contributed by atoms with Crippen LogP contribution in [0.5, 0.6) is 17.2 Å². The van der Waals surface area contributed by atoms with E-state index in [4.69, 9.17) is 15.2 Å². The van der Waals surface area contributed by atoms with Crippen molar-refractivity contribution in [2.45, 2.75) is 19.3 Å². The summed E-state index contributed by atoms with van der Waals surface area (Å²) in [5, 5.41) is 2.62. The van der Waals surface area contributed by atoms with Gasteiger partial charge in [0.25, 0.3) is 0 Å². The zero-order valence-corrected chi connectivity index (χ0v) is 17.0. The zero-order chi connectivity index (χ0) is 19.3. The van der Waals surface area contributed by atoms with Crippen LogP contribution >= 0.6 is 24.0 Å². The molecule has 6 nitrogen and oxygen atoms in total. The quantitative estimate of drug-likeness (QED) is 0.366. The first-order valence-corrected chi connectivity index (χ1v) is 8.21. The molecule has 0 spiro atoms. The molecule has 0 bridgehead atoms. The van der Waals surface area contributed by atoms with Crippen molar-refractivity contribution >= 4 is 35.6 Å². The van der Waals surface area contributed by atoms with E-state index < -0.39 is 12.1 Å². The van der Waals surface area contributed by atoms with Crippen LogP contribution in [0, 0.1) is 0 Å². The summed E-state index contributed by atoms with van der Waals surface area (Å²) in [6, 6.07) is 11.0. The molecule has 1 aliphatic heterocycles. The Hall–Kier alpha value is -2.37. The fourth-order valence-corrected chi connectivity index (χ4v) is 2.44. The molecule has 0 aromatic heterocycles. The smallest absolute Gasteiger partial charge is 0.490 e. The van der Waals surface area contributed by atoms with Gasteiger partial charge < -0.3 is 25.3 Å². The lowest BCUT2D eigenvalue weighted by Gasteiger charge is -2.14. The van der Waals surface area contributed by atoms with Crippen molar-refractivity contribution in [1.29, 1.82) is 0 Å². The van der Waals surface area contributed by atoms with Crippen molar-refractivity contribution in [3.63, 3.8) is 0 Å². The minimum Gasteiger partial charge on any atom is -0.490 e. The van der Waals surface area contributed by atoms with E-state index in [1.165, 1.54) is 18.2 Å². The molecule has 0 radical (unpaired) electrons. The van der Waals surface area contributed by atoms with Gasteiger partial charge in [0.05, 0.1) is 25.4 Å². The largest absolute Gasteiger partial charge is 0.573 e. The minimum absolute atomic E-state index is 0. The SMILES string of the molecule is I.NC(=NCc1ccc2c(c1)OCCCO2)Nc1ccccc1OC(F)(F)F. The summed E-state index contributed by atoms with van der Waals surface area (Å²) < 4.78 is 52.5. The highest BCUT2D eigenvalue weighted by Gasteiger charge is 2.32. The summed E-state index contributed by atoms with van der Waals surface area (Å²) >= 11 is 0. The summed E-state index contributed by atoms with van der Waals surface area (Å²) in [5.41, 5.74) is 6.68. The van der Waals surface area contributed by atoms with Crippen LogP contribution in [0.25, 0.3) is 0 Å². The number of ether oxygens (including phenoxy) is 3. The van der Waals surface area contributed by atoms with Crippen LogP contribution in [-0.2, 0) is 6.54 Å². The number of benzene rings is 2. The normalized spacial score (nSPS) is 13.9. The third kappa shape index (κ3) is 6.36. The second-order valence-corrected chi connectivity index (χ2v) is 5.70. The van der Waals surface area contributed by atoms with Crippen molar-refractivity contribution < 1.29 is 27.4 Å². The molecule has 1 heterocycles. The molecule has 152 valence electrons. The fourth-order valence-electron chi connectivity index (χ4n) is 2.44. The predicted molar refractivity (Wildman–Crippen MR) is 110 cm³/mol. The first-order valence-electron chi connectivity index (χ1n) is 8.21. The third-order valence-corrected chi connectivity index (χ3v) is 3.62. The maximum Gasteiger partial charge on any atom is 0.573 e. The minimum atomic E-state index is -4.80. The molecule has 0 saturated carbocycles. The lowest BCUT2D eigenvalue weighted by molar-refractivity contribution is -0.274. The van der Waals surface area contributed by atoms with Crippen LogP contribution in [-0.4, -0.2) is 25.5 Å². The van der Waals surface area contributed by atoms with Gasteiger partial charge in [0, 0.05) is 6.42 Å². The molecule has 28 heavy (non-hydrogen) atoms. The van der Waals surface area contributed by atoms with Crippen LogP contribution in [0.15, 0.2) is 47.5 Å². The number of anilines is 1. The molecule has 3 N–H and O–H groups in total. The number of hydrogen-bond donors (Lipinski definition) is 2. The number of rotatable bonds is 4. The molecule has 2 aromatic carbocycles. The Balaban J connectivity index is 0.00000280. The van der Waals surface area contributed by atoms with Gasteiger partial charge in [-0.15, -0.1) is 37.1 Å². The number of aliphatic imine (C=N–C) groups is 1. The van der Waals surface area contributed by atoms with Gasteiger partial charge >= 0.3 is 6.36 Å². The number of nitrogens with zero attached hydrogens (tertiary/aromatic N) is 1. The second kappa shape index (κ2) is 9.71. The van der Waals surface area contributed by atoms with Gasteiger partial charge in [0.1, 0.15) is 0 Å². The molecule has 0 amide bonds. The maximum absolute atomic E-state index is 12.5. The monoisotopic (exact) mass is 509 g/mol. The molecule has 0 atom stereocenters. The van der Waals surface area contributed by atoms with Crippen LogP contribution in [0.3, 0.4) is 0 Å². The molecular formula is C18H19F3IN3O3. The van der Waals surface area contributed by atoms with E-state index in [0.29, 0.717) is 24.7 Å². The molecule has 1 aliphatic rings.